The Bertz CT molecular complexity index is 608. The van der Waals surface area contributed by atoms with Crippen LogP contribution in [0.15, 0.2) is 5.38 Å². The molecule has 4 nitrogen and oxygen atoms in total. The topological polar surface area (TPSA) is 63.1 Å². The van der Waals surface area contributed by atoms with Crippen molar-refractivity contribution in [3.05, 3.63) is 21.0 Å². The van der Waals surface area contributed by atoms with E-state index < -0.39 is 5.97 Å². The Morgan fingerprint density at radius 1 is 1.37 bits per heavy atom. The van der Waals surface area contributed by atoms with Gasteiger partial charge in [-0.15, -0.1) is 22.7 Å². The lowest BCUT2D eigenvalue weighted by molar-refractivity contribution is 0.0701. The highest BCUT2D eigenvalue weighted by Gasteiger charge is 2.22. The molecule has 0 amide bonds. The third kappa shape index (κ3) is 2.84. The molecule has 0 saturated carbocycles. The molecule has 6 heteroatoms. The van der Waals surface area contributed by atoms with Crippen LogP contribution >= 0.6 is 22.7 Å². The molecule has 1 N–H and O–H groups in total. The highest BCUT2D eigenvalue weighted by Crippen LogP contribution is 2.33. The number of hydrogen-bond donors (Lipinski definition) is 1. The van der Waals surface area contributed by atoms with Gasteiger partial charge >= 0.3 is 5.97 Å². The van der Waals surface area contributed by atoms with Crippen molar-refractivity contribution in [2.75, 3.05) is 0 Å². The van der Waals surface area contributed by atoms with Crippen LogP contribution in [0.25, 0.3) is 10.7 Å². The molecule has 102 valence electrons. The Morgan fingerprint density at radius 2 is 2.05 bits per heavy atom. The van der Waals surface area contributed by atoms with E-state index in [9.17, 15) is 4.79 Å². The van der Waals surface area contributed by atoms with Gasteiger partial charge in [-0.1, -0.05) is 27.7 Å². The summed E-state index contributed by atoms with van der Waals surface area (Å²) in [4.78, 5) is 20.4. The van der Waals surface area contributed by atoms with Crippen molar-refractivity contribution < 1.29 is 9.90 Å². The Balaban J connectivity index is 2.42. The second kappa shape index (κ2) is 5.02. The van der Waals surface area contributed by atoms with Crippen LogP contribution < -0.4 is 0 Å². The molecule has 0 aliphatic carbocycles. The zero-order valence-electron chi connectivity index (χ0n) is 11.4. The Hall–Kier alpha value is -1.27. The van der Waals surface area contributed by atoms with E-state index in [2.05, 4.69) is 30.7 Å². The summed E-state index contributed by atoms with van der Waals surface area (Å²) in [6.45, 7) is 8.24. The van der Waals surface area contributed by atoms with Crippen molar-refractivity contribution in [2.45, 2.75) is 39.5 Å². The number of carbonyl (C=O) groups is 1. The van der Waals surface area contributed by atoms with Gasteiger partial charge in [0.05, 0.1) is 10.7 Å². The molecular weight excluding hydrogens is 280 g/mol. The van der Waals surface area contributed by atoms with Gasteiger partial charge in [0.15, 0.2) is 0 Å². The molecular formula is C13H16N2O2S2. The monoisotopic (exact) mass is 296 g/mol. The number of hydrogen-bond acceptors (Lipinski definition) is 5. The minimum atomic E-state index is -0.910. The number of aryl methyl sites for hydroxylation is 1. The minimum Gasteiger partial charge on any atom is -0.477 e. The molecule has 0 fully saturated rings. The van der Waals surface area contributed by atoms with Gasteiger partial charge in [-0.2, -0.15) is 0 Å². The zero-order chi connectivity index (χ0) is 14.2. The van der Waals surface area contributed by atoms with E-state index >= 15 is 0 Å². The number of aromatic nitrogens is 2. The Labute approximate surface area is 120 Å². The summed E-state index contributed by atoms with van der Waals surface area (Å²) in [7, 11) is 0. The van der Waals surface area contributed by atoms with Gasteiger partial charge in [-0.3, -0.25) is 0 Å². The standard InChI is InChI=1S/C13H16N2O2S2/c1-5-7-9(11(16)17)19-10(14-7)8-6-18-12(15-8)13(2,3)4/h6H,5H2,1-4H3,(H,16,17). The first kappa shape index (κ1) is 14.1. The van der Waals surface area contributed by atoms with Gasteiger partial charge in [0, 0.05) is 10.8 Å². The maximum Gasteiger partial charge on any atom is 0.347 e. The van der Waals surface area contributed by atoms with Crippen molar-refractivity contribution >= 4 is 28.6 Å². The number of aromatic carboxylic acids is 1. The van der Waals surface area contributed by atoms with Gasteiger partial charge in [-0.05, 0) is 6.42 Å². The number of rotatable bonds is 3. The molecule has 0 spiro atoms. The fourth-order valence-electron chi connectivity index (χ4n) is 1.58. The Morgan fingerprint density at radius 3 is 2.47 bits per heavy atom. The molecule has 0 bridgehead atoms. The van der Waals surface area contributed by atoms with E-state index in [0.717, 1.165) is 10.7 Å². The molecule has 0 aromatic carbocycles. The van der Waals surface area contributed by atoms with Gasteiger partial charge in [-0.25, -0.2) is 14.8 Å². The third-order valence-electron chi connectivity index (χ3n) is 2.59. The van der Waals surface area contributed by atoms with Crippen LogP contribution in [0.5, 0.6) is 0 Å². The van der Waals surface area contributed by atoms with Gasteiger partial charge in [0.25, 0.3) is 0 Å². The highest BCUT2D eigenvalue weighted by molar-refractivity contribution is 7.17. The zero-order valence-corrected chi connectivity index (χ0v) is 13.0. The van der Waals surface area contributed by atoms with Crippen molar-refractivity contribution in [3.8, 4) is 10.7 Å². The SMILES string of the molecule is CCc1nc(-c2csc(C(C)(C)C)n2)sc1C(=O)O. The minimum absolute atomic E-state index is 0.00336. The molecule has 0 radical (unpaired) electrons. The summed E-state index contributed by atoms with van der Waals surface area (Å²) in [5.41, 5.74) is 1.42. The predicted octanol–water partition coefficient (Wildman–Crippen LogP) is 3.82. The van der Waals surface area contributed by atoms with Crippen molar-refractivity contribution in [3.63, 3.8) is 0 Å². The van der Waals surface area contributed by atoms with Crippen LogP contribution in [0.3, 0.4) is 0 Å². The van der Waals surface area contributed by atoms with Crippen LogP contribution in [-0.4, -0.2) is 21.0 Å². The lowest BCUT2D eigenvalue weighted by Crippen LogP contribution is -2.10. The van der Waals surface area contributed by atoms with Gasteiger partial charge < -0.3 is 5.11 Å². The predicted molar refractivity (Wildman–Crippen MR) is 78.3 cm³/mol. The van der Waals surface area contributed by atoms with Crippen LogP contribution in [-0.2, 0) is 11.8 Å². The summed E-state index contributed by atoms with van der Waals surface area (Å²) >= 11 is 2.79. The Kier molecular flexibility index (Phi) is 3.73. The fraction of sp³-hybridized carbons (Fsp3) is 0.462. The molecule has 0 saturated heterocycles. The van der Waals surface area contributed by atoms with E-state index in [1.807, 2.05) is 12.3 Å². The lowest BCUT2D eigenvalue weighted by Gasteiger charge is -2.13. The maximum absolute atomic E-state index is 11.1. The second-order valence-corrected chi connectivity index (χ2v) is 7.10. The van der Waals surface area contributed by atoms with Crippen LogP contribution in [0.4, 0.5) is 0 Å². The third-order valence-corrected chi connectivity index (χ3v) is 4.97. The fourth-order valence-corrected chi connectivity index (χ4v) is 3.50. The molecule has 2 aromatic rings. The van der Waals surface area contributed by atoms with E-state index in [1.165, 1.54) is 11.3 Å². The van der Waals surface area contributed by atoms with E-state index in [0.29, 0.717) is 22.0 Å². The number of nitrogens with zero attached hydrogens (tertiary/aromatic N) is 2. The molecule has 2 rings (SSSR count). The quantitative estimate of drug-likeness (QED) is 0.935. The summed E-state index contributed by atoms with van der Waals surface area (Å²) in [6.07, 6.45) is 0.619. The van der Waals surface area contributed by atoms with Gasteiger partial charge in [0.2, 0.25) is 0 Å². The molecule has 2 aromatic heterocycles. The normalized spacial score (nSPS) is 11.8. The highest BCUT2D eigenvalue weighted by atomic mass is 32.1. The van der Waals surface area contributed by atoms with E-state index in [-0.39, 0.29) is 5.41 Å². The first-order chi connectivity index (χ1) is 8.82. The van der Waals surface area contributed by atoms with E-state index in [1.54, 1.807) is 11.3 Å². The molecule has 19 heavy (non-hydrogen) atoms. The maximum atomic E-state index is 11.1. The summed E-state index contributed by atoms with van der Waals surface area (Å²) < 4.78 is 0. The van der Waals surface area contributed by atoms with Crippen molar-refractivity contribution in [1.82, 2.24) is 9.97 Å². The molecule has 2 heterocycles. The van der Waals surface area contributed by atoms with E-state index in [4.69, 9.17) is 5.11 Å². The number of carboxylic acid groups (broad SMARTS) is 1. The first-order valence-electron chi connectivity index (χ1n) is 6.02. The molecule has 0 aliphatic heterocycles. The van der Waals surface area contributed by atoms with Crippen LogP contribution in [0.2, 0.25) is 0 Å². The average molecular weight is 296 g/mol. The first-order valence-corrected chi connectivity index (χ1v) is 7.72. The number of carboxylic acids is 1. The van der Waals surface area contributed by atoms with Crippen LogP contribution in [0.1, 0.15) is 48.1 Å². The van der Waals surface area contributed by atoms with Crippen LogP contribution in [0, 0.1) is 0 Å². The van der Waals surface area contributed by atoms with Gasteiger partial charge in [0.1, 0.15) is 15.6 Å². The summed E-state index contributed by atoms with van der Waals surface area (Å²) in [5.74, 6) is -0.910. The summed E-state index contributed by atoms with van der Waals surface area (Å²) in [6, 6.07) is 0. The second-order valence-electron chi connectivity index (χ2n) is 5.24. The lowest BCUT2D eigenvalue weighted by atomic mass is 9.98. The average Bonchev–Trinajstić information content (AvgIpc) is 2.94. The van der Waals surface area contributed by atoms with Crippen molar-refractivity contribution in [2.24, 2.45) is 0 Å². The molecule has 0 aliphatic rings. The largest absolute Gasteiger partial charge is 0.477 e. The van der Waals surface area contributed by atoms with Crippen molar-refractivity contribution in [1.29, 1.82) is 0 Å². The smallest absolute Gasteiger partial charge is 0.347 e. The number of thiazole rings is 2. The summed E-state index contributed by atoms with van der Waals surface area (Å²) in [5, 5.41) is 12.8. The molecule has 0 atom stereocenters. The molecule has 0 unspecified atom stereocenters.